The van der Waals surface area contributed by atoms with Gasteiger partial charge in [-0.15, -0.1) is 0 Å². The molecule has 24 heavy (non-hydrogen) atoms. The van der Waals surface area contributed by atoms with Crippen LogP contribution >= 0.6 is 12.2 Å². The predicted molar refractivity (Wildman–Crippen MR) is 106 cm³/mol. The van der Waals surface area contributed by atoms with Gasteiger partial charge in [0, 0.05) is 5.69 Å². The second-order valence-electron chi connectivity index (χ2n) is 6.92. The fourth-order valence-corrected chi connectivity index (χ4v) is 2.69. The van der Waals surface area contributed by atoms with Crippen LogP contribution in [0.15, 0.2) is 48.5 Å². The van der Waals surface area contributed by atoms with E-state index >= 15 is 0 Å². The summed E-state index contributed by atoms with van der Waals surface area (Å²) in [7, 11) is 1.65. The van der Waals surface area contributed by atoms with Crippen LogP contribution in [0.25, 0.3) is 0 Å². The van der Waals surface area contributed by atoms with Gasteiger partial charge in [-0.2, -0.15) is 0 Å². The summed E-state index contributed by atoms with van der Waals surface area (Å²) >= 11 is 5.41. The van der Waals surface area contributed by atoms with E-state index < -0.39 is 0 Å². The number of rotatable bonds is 4. The highest BCUT2D eigenvalue weighted by atomic mass is 32.1. The minimum atomic E-state index is 0.136. The van der Waals surface area contributed by atoms with E-state index in [1.807, 2.05) is 24.3 Å². The Balaban J connectivity index is 1.95. The van der Waals surface area contributed by atoms with E-state index in [0.29, 0.717) is 5.11 Å². The van der Waals surface area contributed by atoms with Crippen molar-refractivity contribution in [1.29, 1.82) is 0 Å². The third kappa shape index (κ3) is 4.96. The van der Waals surface area contributed by atoms with Gasteiger partial charge >= 0.3 is 0 Å². The first-order valence-corrected chi connectivity index (χ1v) is 8.52. The number of anilines is 1. The number of hydrogen-bond acceptors (Lipinski definition) is 2. The van der Waals surface area contributed by atoms with Crippen molar-refractivity contribution >= 4 is 23.0 Å². The van der Waals surface area contributed by atoms with Gasteiger partial charge < -0.3 is 15.4 Å². The Labute approximate surface area is 150 Å². The Morgan fingerprint density at radius 2 is 1.58 bits per heavy atom. The van der Waals surface area contributed by atoms with Crippen molar-refractivity contribution in [3.05, 3.63) is 59.7 Å². The second-order valence-corrected chi connectivity index (χ2v) is 7.33. The number of nitrogens with one attached hydrogen (secondary N) is 2. The fraction of sp³-hybridized carbons (Fsp3) is 0.350. The lowest BCUT2D eigenvalue weighted by molar-refractivity contribution is 0.415. The van der Waals surface area contributed by atoms with Crippen LogP contribution in [0.4, 0.5) is 5.69 Å². The van der Waals surface area contributed by atoms with Crippen LogP contribution in [0.5, 0.6) is 5.75 Å². The molecule has 0 saturated heterocycles. The molecule has 0 aromatic heterocycles. The minimum absolute atomic E-state index is 0.136. The maximum atomic E-state index is 5.41. The zero-order chi connectivity index (χ0) is 17.7. The van der Waals surface area contributed by atoms with E-state index in [-0.39, 0.29) is 11.5 Å². The molecule has 3 nitrogen and oxygen atoms in total. The SMILES string of the molecule is COc1ccc(NC(=S)N[C@@H](C)c2ccc(C(C)(C)C)cc2)cc1. The highest BCUT2D eigenvalue weighted by molar-refractivity contribution is 7.80. The van der Waals surface area contributed by atoms with E-state index in [4.69, 9.17) is 17.0 Å². The summed E-state index contributed by atoms with van der Waals surface area (Å²) in [6.45, 7) is 8.76. The summed E-state index contributed by atoms with van der Waals surface area (Å²) in [6, 6.07) is 16.5. The zero-order valence-electron chi connectivity index (χ0n) is 15.0. The van der Waals surface area contributed by atoms with Gasteiger partial charge in [0.25, 0.3) is 0 Å². The number of ether oxygens (including phenoxy) is 1. The molecule has 128 valence electrons. The van der Waals surface area contributed by atoms with E-state index in [1.54, 1.807) is 7.11 Å². The first-order valence-electron chi connectivity index (χ1n) is 8.11. The molecular formula is C20H26N2OS. The third-order valence-corrected chi connectivity index (χ3v) is 4.19. The van der Waals surface area contributed by atoms with Gasteiger partial charge in [-0.1, -0.05) is 45.0 Å². The lowest BCUT2D eigenvalue weighted by atomic mass is 9.86. The molecule has 0 amide bonds. The van der Waals surface area contributed by atoms with Crippen molar-refractivity contribution in [1.82, 2.24) is 5.32 Å². The predicted octanol–water partition coefficient (Wildman–Crippen LogP) is 5.04. The monoisotopic (exact) mass is 342 g/mol. The van der Waals surface area contributed by atoms with Crippen molar-refractivity contribution in [2.45, 2.75) is 39.2 Å². The van der Waals surface area contributed by atoms with Crippen molar-refractivity contribution in [2.24, 2.45) is 0 Å². The summed E-state index contributed by atoms with van der Waals surface area (Å²) in [6.07, 6.45) is 0. The molecule has 1 atom stereocenters. The Hall–Kier alpha value is -2.07. The Kier molecular flexibility index (Phi) is 5.84. The highest BCUT2D eigenvalue weighted by Gasteiger charge is 2.14. The van der Waals surface area contributed by atoms with Gasteiger partial charge in [0.15, 0.2) is 5.11 Å². The van der Waals surface area contributed by atoms with Gasteiger partial charge in [-0.3, -0.25) is 0 Å². The molecule has 2 aromatic rings. The molecule has 0 aliphatic rings. The summed E-state index contributed by atoms with van der Waals surface area (Å²) in [5.74, 6) is 0.826. The lowest BCUT2D eigenvalue weighted by Crippen LogP contribution is -2.30. The number of methoxy groups -OCH3 is 1. The van der Waals surface area contributed by atoms with Gasteiger partial charge in [-0.05, 0) is 59.9 Å². The molecule has 0 bridgehead atoms. The minimum Gasteiger partial charge on any atom is -0.497 e. The van der Waals surface area contributed by atoms with Crippen molar-refractivity contribution in [3.63, 3.8) is 0 Å². The van der Waals surface area contributed by atoms with Crippen LogP contribution in [-0.4, -0.2) is 12.2 Å². The first-order chi connectivity index (χ1) is 11.3. The Morgan fingerprint density at radius 3 is 2.08 bits per heavy atom. The first kappa shape index (κ1) is 18.3. The van der Waals surface area contributed by atoms with Crippen LogP contribution < -0.4 is 15.4 Å². The van der Waals surface area contributed by atoms with Crippen molar-refractivity contribution < 1.29 is 4.74 Å². The Bertz CT molecular complexity index is 672. The quantitative estimate of drug-likeness (QED) is 0.763. The normalized spacial score (nSPS) is 12.4. The number of thiocarbonyl (C=S) groups is 1. The smallest absolute Gasteiger partial charge is 0.171 e. The van der Waals surface area contributed by atoms with E-state index in [9.17, 15) is 0 Å². The van der Waals surface area contributed by atoms with Gasteiger partial charge in [0.2, 0.25) is 0 Å². The van der Waals surface area contributed by atoms with Gasteiger partial charge in [-0.25, -0.2) is 0 Å². The second kappa shape index (κ2) is 7.67. The summed E-state index contributed by atoms with van der Waals surface area (Å²) in [5, 5.41) is 7.12. The molecule has 0 spiro atoms. The maximum Gasteiger partial charge on any atom is 0.171 e. The molecule has 2 rings (SSSR count). The number of hydrogen-bond donors (Lipinski definition) is 2. The topological polar surface area (TPSA) is 33.3 Å². The van der Waals surface area contributed by atoms with Crippen LogP contribution in [0.1, 0.15) is 44.9 Å². The standard InChI is InChI=1S/C20H26N2OS/c1-14(15-6-8-16(9-7-15)20(2,3)4)21-19(24)22-17-10-12-18(23-5)13-11-17/h6-14H,1-5H3,(H2,21,22,24)/t14-/m0/s1. The average molecular weight is 343 g/mol. The van der Waals surface area contributed by atoms with E-state index in [1.165, 1.54) is 11.1 Å². The van der Waals surface area contributed by atoms with Crippen LogP contribution in [0.2, 0.25) is 0 Å². The highest BCUT2D eigenvalue weighted by Crippen LogP contribution is 2.24. The molecule has 4 heteroatoms. The van der Waals surface area contributed by atoms with Crippen molar-refractivity contribution in [2.75, 3.05) is 12.4 Å². The summed E-state index contributed by atoms with van der Waals surface area (Å²) in [4.78, 5) is 0. The zero-order valence-corrected chi connectivity index (χ0v) is 15.8. The number of benzene rings is 2. The summed E-state index contributed by atoms with van der Waals surface area (Å²) in [5.41, 5.74) is 3.64. The summed E-state index contributed by atoms with van der Waals surface area (Å²) < 4.78 is 5.15. The van der Waals surface area contributed by atoms with E-state index in [0.717, 1.165) is 11.4 Å². The van der Waals surface area contributed by atoms with Crippen molar-refractivity contribution in [3.8, 4) is 5.75 Å². The molecule has 0 radical (unpaired) electrons. The molecule has 2 aromatic carbocycles. The molecule has 0 aliphatic carbocycles. The fourth-order valence-electron chi connectivity index (χ4n) is 2.39. The molecule has 2 N–H and O–H groups in total. The molecule has 0 unspecified atom stereocenters. The van der Waals surface area contributed by atoms with E-state index in [2.05, 4.69) is 62.6 Å². The molecule has 0 aliphatic heterocycles. The molecular weight excluding hydrogens is 316 g/mol. The van der Waals surface area contributed by atoms with Crippen LogP contribution in [-0.2, 0) is 5.41 Å². The largest absolute Gasteiger partial charge is 0.497 e. The molecule has 0 heterocycles. The molecule has 0 fully saturated rings. The van der Waals surface area contributed by atoms with Crippen LogP contribution in [0.3, 0.4) is 0 Å². The molecule has 0 saturated carbocycles. The third-order valence-electron chi connectivity index (χ3n) is 3.97. The van der Waals surface area contributed by atoms with Gasteiger partial charge in [0.05, 0.1) is 13.2 Å². The van der Waals surface area contributed by atoms with Crippen LogP contribution in [0, 0.1) is 0 Å². The maximum absolute atomic E-state index is 5.41. The average Bonchev–Trinajstić information content (AvgIpc) is 2.54. The Morgan fingerprint density at radius 1 is 1.00 bits per heavy atom. The van der Waals surface area contributed by atoms with Gasteiger partial charge in [0.1, 0.15) is 5.75 Å². The lowest BCUT2D eigenvalue weighted by Gasteiger charge is -2.21.